The van der Waals surface area contributed by atoms with Gasteiger partial charge in [-0.3, -0.25) is 14.9 Å². The highest BCUT2D eigenvalue weighted by Crippen LogP contribution is 2.34. The molecule has 1 aromatic rings. The molecule has 0 saturated heterocycles. The Balaban J connectivity index is 3.28. The number of anilines is 1. The summed E-state index contributed by atoms with van der Waals surface area (Å²) in [6.07, 6.45) is 2.44. The predicted octanol–water partition coefficient (Wildman–Crippen LogP) is 2.28. The number of rotatable bonds is 7. The quantitative estimate of drug-likeness (QED) is 0.338. The number of carbonyl (C=O) groups is 1. The third kappa shape index (κ3) is 4.70. The van der Waals surface area contributed by atoms with Gasteiger partial charge in [0, 0.05) is 23.7 Å². The molecule has 1 unspecified atom stereocenters. The fourth-order valence-corrected chi connectivity index (χ4v) is 2.45. The lowest BCUT2D eigenvalue weighted by Gasteiger charge is -2.45. The Kier molecular flexibility index (Phi) is 6.21. The Morgan fingerprint density at radius 2 is 2.17 bits per heavy atom. The maximum Gasteiger partial charge on any atom is 0.312 e. The van der Waals surface area contributed by atoms with Gasteiger partial charge in [0.25, 0.3) is 0 Å². The van der Waals surface area contributed by atoms with Crippen molar-refractivity contribution in [2.45, 2.75) is 44.6 Å². The first-order chi connectivity index (χ1) is 10.5. The van der Waals surface area contributed by atoms with Crippen LogP contribution in [0.1, 0.15) is 33.6 Å². The number of pyridine rings is 1. The molecule has 1 N–H and O–H groups in total. The van der Waals surface area contributed by atoms with Gasteiger partial charge in [0.15, 0.2) is 0 Å². The van der Waals surface area contributed by atoms with Crippen LogP contribution in [0.3, 0.4) is 0 Å². The smallest absolute Gasteiger partial charge is 0.312 e. The molecule has 1 atom stereocenters. The van der Waals surface area contributed by atoms with Gasteiger partial charge in [0.1, 0.15) is 15.7 Å². The number of nitro groups is 1. The number of aromatic nitrogens is 1. The van der Waals surface area contributed by atoms with Crippen LogP contribution in [0.25, 0.3) is 0 Å². The molecule has 120 valence electrons. The number of carbonyl (C=O) groups excluding carboxylic acids is 1. The van der Waals surface area contributed by atoms with E-state index in [4.69, 9.17) is 20.4 Å². The lowest BCUT2D eigenvalue weighted by molar-refractivity contribution is -0.384. The second-order valence-corrected chi connectivity index (χ2v) is 6.29. The fourth-order valence-electron chi connectivity index (χ4n) is 2.13. The standard InChI is InChI=1S/C13H16B2BrN3O4/c1-4-5-12(3,13(14,15)23-8(2)20)18-11-10(19(21)22)6-9(16)7-17-11/h6-7H,4-5H2,1-3H3,(H,17,18). The van der Waals surface area contributed by atoms with Gasteiger partial charge in [-0.1, -0.05) is 13.3 Å². The lowest BCUT2D eigenvalue weighted by atomic mass is 9.53. The van der Waals surface area contributed by atoms with Gasteiger partial charge in [-0.05, 0) is 29.3 Å². The van der Waals surface area contributed by atoms with Crippen LogP contribution in [0.5, 0.6) is 0 Å². The second kappa shape index (κ2) is 7.33. The van der Waals surface area contributed by atoms with Crippen LogP contribution in [0.2, 0.25) is 0 Å². The molecule has 1 rings (SSSR count). The van der Waals surface area contributed by atoms with Gasteiger partial charge in [0.2, 0.25) is 5.82 Å². The highest BCUT2D eigenvalue weighted by molar-refractivity contribution is 9.10. The molecule has 0 bridgehead atoms. The van der Waals surface area contributed by atoms with E-state index in [-0.39, 0.29) is 11.5 Å². The first kappa shape index (κ1) is 19.5. The van der Waals surface area contributed by atoms with Gasteiger partial charge < -0.3 is 10.1 Å². The molecule has 4 radical (unpaired) electrons. The summed E-state index contributed by atoms with van der Waals surface area (Å²) in [5.41, 5.74) is -1.42. The summed E-state index contributed by atoms with van der Waals surface area (Å²) in [6, 6.07) is 1.31. The fraction of sp³-hybridized carbons (Fsp3) is 0.538. The highest BCUT2D eigenvalue weighted by Gasteiger charge is 2.43. The van der Waals surface area contributed by atoms with Crippen molar-refractivity contribution in [1.82, 2.24) is 4.98 Å². The van der Waals surface area contributed by atoms with Crippen molar-refractivity contribution in [2.24, 2.45) is 0 Å². The van der Waals surface area contributed by atoms with Crippen molar-refractivity contribution in [2.75, 3.05) is 5.32 Å². The lowest BCUT2D eigenvalue weighted by Crippen LogP contribution is -2.60. The number of esters is 1. The summed E-state index contributed by atoms with van der Waals surface area (Å²) < 4.78 is 5.46. The average molecular weight is 380 g/mol. The van der Waals surface area contributed by atoms with E-state index in [2.05, 4.69) is 26.2 Å². The Bertz CT molecular complexity index is 615. The first-order valence-corrected chi connectivity index (χ1v) is 7.67. The highest BCUT2D eigenvalue weighted by atomic mass is 79.9. The van der Waals surface area contributed by atoms with E-state index < -0.39 is 21.8 Å². The largest absolute Gasteiger partial charge is 0.477 e. The third-order valence-electron chi connectivity index (χ3n) is 3.35. The molecular formula is C13H16B2BrN3O4. The zero-order chi connectivity index (χ0) is 17.8. The van der Waals surface area contributed by atoms with Crippen molar-refractivity contribution >= 4 is 49.1 Å². The molecule has 0 aliphatic rings. The molecule has 0 spiro atoms. The van der Waals surface area contributed by atoms with Crippen LogP contribution in [-0.2, 0) is 9.53 Å². The SMILES string of the molecule is [B]C([B])(OC(C)=O)C(C)(CCC)Nc1ncc(Br)cc1[N+](=O)[O-]. The molecule has 10 heteroatoms. The van der Waals surface area contributed by atoms with Crippen molar-refractivity contribution < 1.29 is 14.5 Å². The summed E-state index contributed by atoms with van der Waals surface area (Å²) in [5, 5.41) is 12.2. The van der Waals surface area contributed by atoms with E-state index >= 15 is 0 Å². The molecule has 0 aliphatic heterocycles. The minimum absolute atomic E-state index is 0.0124. The number of ether oxygens (including phenoxy) is 1. The van der Waals surface area contributed by atoms with E-state index in [1.165, 1.54) is 19.2 Å². The minimum atomic E-state index is -1.88. The number of nitrogens with one attached hydrogen (secondary N) is 1. The zero-order valence-corrected chi connectivity index (χ0v) is 14.7. The van der Waals surface area contributed by atoms with E-state index in [9.17, 15) is 14.9 Å². The molecule has 0 saturated carbocycles. The topological polar surface area (TPSA) is 94.4 Å². The van der Waals surface area contributed by atoms with Crippen molar-refractivity contribution in [3.63, 3.8) is 0 Å². The second-order valence-electron chi connectivity index (χ2n) is 5.37. The Labute approximate surface area is 145 Å². The Morgan fingerprint density at radius 1 is 1.57 bits per heavy atom. The van der Waals surface area contributed by atoms with Crippen LogP contribution in [0, 0.1) is 10.1 Å². The molecule has 23 heavy (non-hydrogen) atoms. The molecule has 1 aromatic heterocycles. The van der Waals surface area contributed by atoms with Crippen molar-refractivity contribution in [3.05, 3.63) is 26.9 Å². The average Bonchev–Trinajstić information content (AvgIpc) is 2.39. The van der Waals surface area contributed by atoms with E-state index in [1.807, 2.05) is 6.92 Å². The first-order valence-electron chi connectivity index (χ1n) is 6.88. The Hall–Kier alpha value is -1.57. The minimum Gasteiger partial charge on any atom is -0.477 e. The number of nitrogens with zero attached hydrogens (tertiary/aromatic N) is 2. The van der Waals surface area contributed by atoms with Gasteiger partial charge >= 0.3 is 11.7 Å². The Morgan fingerprint density at radius 3 is 2.65 bits per heavy atom. The van der Waals surface area contributed by atoms with E-state index in [0.717, 1.165) is 0 Å². The monoisotopic (exact) mass is 379 g/mol. The van der Waals surface area contributed by atoms with Crippen LogP contribution >= 0.6 is 15.9 Å². The molecular weight excluding hydrogens is 364 g/mol. The van der Waals surface area contributed by atoms with E-state index in [0.29, 0.717) is 17.3 Å². The number of halogens is 1. The molecule has 1 heterocycles. The third-order valence-corrected chi connectivity index (χ3v) is 3.78. The number of hydrogen-bond acceptors (Lipinski definition) is 6. The van der Waals surface area contributed by atoms with Gasteiger partial charge in [-0.2, -0.15) is 0 Å². The van der Waals surface area contributed by atoms with Gasteiger partial charge in [0.05, 0.1) is 15.9 Å². The predicted molar refractivity (Wildman–Crippen MR) is 91.5 cm³/mol. The molecule has 0 amide bonds. The summed E-state index contributed by atoms with van der Waals surface area (Å²) in [6.45, 7) is 4.68. The van der Waals surface area contributed by atoms with Gasteiger partial charge in [-0.15, -0.1) is 0 Å². The zero-order valence-electron chi connectivity index (χ0n) is 13.1. The van der Waals surface area contributed by atoms with Crippen LogP contribution < -0.4 is 5.32 Å². The van der Waals surface area contributed by atoms with Crippen molar-refractivity contribution in [3.8, 4) is 0 Å². The normalized spacial score (nSPS) is 13.9. The van der Waals surface area contributed by atoms with Crippen LogP contribution in [0.4, 0.5) is 11.5 Å². The molecule has 0 fully saturated rings. The maximum atomic E-state index is 11.2. The summed E-state index contributed by atoms with van der Waals surface area (Å²) in [5.74, 6) is -0.668. The maximum absolute atomic E-state index is 11.2. The molecule has 0 aliphatic carbocycles. The molecule has 0 aromatic carbocycles. The van der Waals surface area contributed by atoms with E-state index in [1.54, 1.807) is 6.92 Å². The summed E-state index contributed by atoms with van der Waals surface area (Å²) in [4.78, 5) is 25.9. The molecule has 7 nitrogen and oxygen atoms in total. The van der Waals surface area contributed by atoms with Crippen LogP contribution in [-0.4, -0.2) is 42.5 Å². The number of hydrogen-bond donors (Lipinski definition) is 1. The van der Waals surface area contributed by atoms with Crippen LogP contribution in [0.15, 0.2) is 16.7 Å². The summed E-state index contributed by atoms with van der Waals surface area (Å²) >= 11 is 3.13. The van der Waals surface area contributed by atoms with Crippen molar-refractivity contribution in [1.29, 1.82) is 0 Å². The summed E-state index contributed by atoms with van der Waals surface area (Å²) in [7, 11) is 11.9. The van der Waals surface area contributed by atoms with Gasteiger partial charge in [-0.25, -0.2) is 4.98 Å².